The van der Waals surface area contributed by atoms with Crippen LogP contribution in [-0.4, -0.2) is 24.1 Å². The van der Waals surface area contributed by atoms with Crippen LogP contribution in [0.4, 0.5) is 0 Å². The van der Waals surface area contributed by atoms with E-state index in [1.165, 1.54) is 63.0 Å². The molecule has 0 amide bonds. The highest BCUT2D eigenvalue weighted by molar-refractivity contribution is 7.99. The summed E-state index contributed by atoms with van der Waals surface area (Å²) >= 11 is 2.14. The molecule has 1 saturated heterocycles. The minimum absolute atomic E-state index is 0.866. The molecule has 1 aliphatic heterocycles. The van der Waals surface area contributed by atoms with Gasteiger partial charge in [-0.1, -0.05) is 12.8 Å². The Morgan fingerprint density at radius 2 is 1.94 bits per heavy atom. The Kier molecular flexibility index (Phi) is 3.78. The molecule has 16 heavy (non-hydrogen) atoms. The van der Waals surface area contributed by atoms with Crippen LogP contribution in [0, 0.1) is 17.8 Å². The van der Waals surface area contributed by atoms with Crippen molar-refractivity contribution in [2.45, 2.75) is 51.0 Å². The van der Waals surface area contributed by atoms with Gasteiger partial charge in [-0.3, -0.25) is 0 Å². The zero-order chi connectivity index (χ0) is 10.8. The summed E-state index contributed by atoms with van der Waals surface area (Å²) in [6.07, 6.45) is 10.5. The van der Waals surface area contributed by atoms with Crippen molar-refractivity contribution in [3.05, 3.63) is 0 Å². The maximum atomic E-state index is 3.86. The lowest BCUT2D eigenvalue weighted by atomic mass is 9.82. The Morgan fingerprint density at radius 3 is 2.69 bits per heavy atom. The highest BCUT2D eigenvalue weighted by atomic mass is 32.2. The molecule has 1 heterocycles. The number of nitrogens with one attached hydrogen (secondary N) is 1. The average molecular weight is 239 g/mol. The molecule has 2 aliphatic carbocycles. The first-order valence-corrected chi connectivity index (χ1v) is 8.38. The second kappa shape index (κ2) is 5.30. The van der Waals surface area contributed by atoms with Crippen LogP contribution in [0.3, 0.4) is 0 Å². The van der Waals surface area contributed by atoms with Crippen LogP contribution in [0.2, 0.25) is 0 Å². The lowest BCUT2D eigenvalue weighted by molar-refractivity contribution is 0.255. The quantitative estimate of drug-likeness (QED) is 0.808. The van der Waals surface area contributed by atoms with Gasteiger partial charge in [0, 0.05) is 6.04 Å². The zero-order valence-electron chi connectivity index (χ0n) is 10.3. The van der Waals surface area contributed by atoms with E-state index in [9.17, 15) is 0 Å². The molecular formula is C14H25NS. The maximum Gasteiger partial charge on any atom is 0.00699 e. The molecule has 92 valence electrons. The number of thioether (sulfide) groups is 1. The fourth-order valence-electron chi connectivity index (χ4n) is 3.49. The van der Waals surface area contributed by atoms with E-state index < -0.39 is 0 Å². The largest absolute Gasteiger partial charge is 0.314 e. The molecule has 3 fully saturated rings. The summed E-state index contributed by atoms with van der Waals surface area (Å²) in [5.74, 6) is 6.01. The Labute approximate surface area is 104 Å². The predicted octanol–water partition coefficient (Wildman–Crippen LogP) is 3.30. The van der Waals surface area contributed by atoms with Gasteiger partial charge in [-0.25, -0.2) is 0 Å². The van der Waals surface area contributed by atoms with E-state index in [1.54, 1.807) is 0 Å². The Balaban J connectivity index is 1.39. The summed E-state index contributed by atoms with van der Waals surface area (Å²) in [6.45, 7) is 1.30. The summed E-state index contributed by atoms with van der Waals surface area (Å²) in [7, 11) is 0. The average Bonchev–Trinajstić information content (AvgIpc) is 3.05. The van der Waals surface area contributed by atoms with Gasteiger partial charge in [0.2, 0.25) is 0 Å². The number of rotatable bonds is 4. The second-order valence-electron chi connectivity index (χ2n) is 6.10. The molecule has 0 spiro atoms. The van der Waals surface area contributed by atoms with Crippen LogP contribution in [0.15, 0.2) is 0 Å². The molecule has 0 aromatic carbocycles. The molecular weight excluding hydrogens is 214 g/mol. The molecule has 0 aromatic rings. The zero-order valence-corrected chi connectivity index (χ0v) is 11.1. The van der Waals surface area contributed by atoms with Crippen LogP contribution < -0.4 is 5.32 Å². The summed E-state index contributed by atoms with van der Waals surface area (Å²) in [6, 6.07) is 0.866. The Bertz CT molecular complexity index is 221. The lowest BCUT2D eigenvalue weighted by Crippen LogP contribution is -2.37. The van der Waals surface area contributed by atoms with Gasteiger partial charge >= 0.3 is 0 Å². The van der Waals surface area contributed by atoms with Gasteiger partial charge in [-0.15, -0.1) is 0 Å². The van der Waals surface area contributed by atoms with Crippen molar-refractivity contribution in [3.8, 4) is 0 Å². The molecule has 3 aliphatic rings. The van der Waals surface area contributed by atoms with Gasteiger partial charge in [0.15, 0.2) is 0 Å². The van der Waals surface area contributed by atoms with E-state index in [0.717, 1.165) is 23.8 Å². The van der Waals surface area contributed by atoms with Gasteiger partial charge in [-0.05, 0) is 67.9 Å². The third kappa shape index (κ3) is 2.95. The highest BCUT2D eigenvalue weighted by Crippen LogP contribution is 2.43. The number of hydrogen-bond donors (Lipinski definition) is 1. The summed E-state index contributed by atoms with van der Waals surface area (Å²) in [5, 5.41) is 3.86. The van der Waals surface area contributed by atoms with E-state index in [2.05, 4.69) is 17.1 Å². The Morgan fingerprint density at radius 1 is 1.00 bits per heavy atom. The summed E-state index contributed by atoms with van der Waals surface area (Å²) < 4.78 is 0. The minimum atomic E-state index is 0.866. The van der Waals surface area contributed by atoms with E-state index in [1.807, 2.05) is 0 Å². The van der Waals surface area contributed by atoms with Gasteiger partial charge in [-0.2, -0.15) is 11.8 Å². The van der Waals surface area contributed by atoms with Gasteiger partial charge in [0.05, 0.1) is 0 Å². The normalized spacial score (nSPS) is 40.1. The molecule has 3 unspecified atom stereocenters. The smallest absolute Gasteiger partial charge is 0.00699 e. The van der Waals surface area contributed by atoms with Crippen molar-refractivity contribution in [1.82, 2.24) is 5.32 Å². The summed E-state index contributed by atoms with van der Waals surface area (Å²) in [5.41, 5.74) is 0. The standard InChI is InChI=1S/C14H25NS/c1-2-13(12-4-5-12)8-14(3-1)15-9-11-6-7-16-10-11/h11-15H,1-10H2. The van der Waals surface area contributed by atoms with Crippen LogP contribution in [-0.2, 0) is 0 Å². The third-order valence-corrected chi connectivity index (χ3v) is 5.95. The van der Waals surface area contributed by atoms with Gasteiger partial charge in [0.1, 0.15) is 0 Å². The predicted molar refractivity (Wildman–Crippen MR) is 71.9 cm³/mol. The molecule has 0 bridgehead atoms. The van der Waals surface area contributed by atoms with E-state index >= 15 is 0 Å². The van der Waals surface area contributed by atoms with Crippen LogP contribution in [0.5, 0.6) is 0 Å². The highest BCUT2D eigenvalue weighted by Gasteiger charge is 2.34. The lowest BCUT2D eigenvalue weighted by Gasteiger charge is -2.30. The fourth-order valence-corrected chi connectivity index (χ4v) is 4.77. The van der Waals surface area contributed by atoms with Crippen LogP contribution in [0.1, 0.15) is 44.9 Å². The molecule has 0 aromatic heterocycles. The molecule has 0 radical (unpaired) electrons. The fraction of sp³-hybridized carbons (Fsp3) is 1.00. The van der Waals surface area contributed by atoms with Crippen molar-refractivity contribution in [2.75, 3.05) is 18.1 Å². The molecule has 1 nitrogen and oxygen atoms in total. The van der Waals surface area contributed by atoms with E-state index in [4.69, 9.17) is 0 Å². The van der Waals surface area contributed by atoms with Crippen molar-refractivity contribution in [3.63, 3.8) is 0 Å². The van der Waals surface area contributed by atoms with Gasteiger partial charge < -0.3 is 5.32 Å². The van der Waals surface area contributed by atoms with Crippen molar-refractivity contribution in [1.29, 1.82) is 0 Å². The Hall–Kier alpha value is 0.310. The monoisotopic (exact) mass is 239 g/mol. The molecule has 1 N–H and O–H groups in total. The molecule has 2 saturated carbocycles. The first kappa shape index (κ1) is 11.4. The van der Waals surface area contributed by atoms with Gasteiger partial charge in [0.25, 0.3) is 0 Å². The van der Waals surface area contributed by atoms with E-state index in [0.29, 0.717) is 0 Å². The number of hydrogen-bond acceptors (Lipinski definition) is 2. The van der Waals surface area contributed by atoms with E-state index in [-0.39, 0.29) is 0 Å². The minimum Gasteiger partial charge on any atom is -0.314 e. The van der Waals surface area contributed by atoms with Crippen molar-refractivity contribution in [2.24, 2.45) is 17.8 Å². The van der Waals surface area contributed by atoms with Crippen LogP contribution >= 0.6 is 11.8 Å². The molecule has 2 heteroatoms. The van der Waals surface area contributed by atoms with Crippen molar-refractivity contribution < 1.29 is 0 Å². The summed E-state index contributed by atoms with van der Waals surface area (Å²) in [4.78, 5) is 0. The topological polar surface area (TPSA) is 12.0 Å². The molecule has 3 atom stereocenters. The first-order chi connectivity index (χ1) is 7.92. The SMILES string of the molecule is C1CC(NCC2CCSC2)CC(C2CC2)C1. The third-order valence-electron chi connectivity index (χ3n) is 4.72. The molecule has 3 rings (SSSR count). The van der Waals surface area contributed by atoms with Crippen molar-refractivity contribution >= 4 is 11.8 Å². The first-order valence-electron chi connectivity index (χ1n) is 7.23. The van der Waals surface area contributed by atoms with Crippen LogP contribution in [0.25, 0.3) is 0 Å². The second-order valence-corrected chi connectivity index (χ2v) is 7.25. The maximum absolute atomic E-state index is 3.86.